The number of aromatic nitrogens is 2. The van der Waals surface area contributed by atoms with Crippen LogP contribution in [0, 0.1) is 0 Å². The van der Waals surface area contributed by atoms with Gasteiger partial charge in [0.25, 0.3) is 5.56 Å². The molecule has 1 heterocycles. The number of hydrogen-bond acceptors (Lipinski definition) is 4. The van der Waals surface area contributed by atoms with Gasteiger partial charge in [0.05, 0.1) is 29.7 Å². The second-order valence-electron chi connectivity index (χ2n) is 9.50. The normalized spacial score (nSPS) is 11.9. The van der Waals surface area contributed by atoms with Crippen LogP contribution in [-0.4, -0.2) is 34.0 Å². The van der Waals surface area contributed by atoms with E-state index < -0.39 is 0 Å². The summed E-state index contributed by atoms with van der Waals surface area (Å²) in [7, 11) is 1.60. The van der Waals surface area contributed by atoms with Crippen molar-refractivity contribution in [2.45, 2.75) is 58.4 Å². The van der Waals surface area contributed by atoms with Gasteiger partial charge >= 0.3 is 0 Å². The summed E-state index contributed by atoms with van der Waals surface area (Å²) in [5.74, 6) is 1.21. The van der Waals surface area contributed by atoms with Gasteiger partial charge in [-0.05, 0) is 49.1 Å². The number of methoxy groups -OCH3 is 1. The van der Waals surface area contributed by atoms with Crippen molar-refractivity contribution in [3.05, 3.63) is 101 Å². The molecule has 0 fully saturated rings. The third-order valence-electron chi connectivity index (χ3n) is 6.98. The molecule has 0 spiro atoms. The Labute approximate surface area is 224 Å². The molecule has 0 bridgehead atoms. The van der Waals surface area contributed by atoms with Crippen molar-refractivity contribution < 1.29 is 9.53 Å². The van der Waals surface area contributed by atoms with E-state index in [0.29, 0.717) is 54.0 Å². The standard InChI is InChI=1S/C32H37N3O3/c1-4-6-14-23-34(30(36)22-21-24-15-8-7-9-16-24)27(5-2)31-33-26-18-11-10-17-25(26)32(37)35(31)28-19-12-13-20-29(28)38-3/h7-13,15-20,27H,4-6,14,21-23H2,1-3H3. The Kier molecular flexibility index (Phi) is 9.30. The number of carbonyl (C=O) groups excluding carboxylic acids is 1. The number of hydrogen-bond donors (Lipinski definition) is 0. The molecule has 1 aromatic heterocycles. The number of carbonyl (C=O) groups is 1. The molecule has 0 saturated carbocycles. The zero-order valence-corrected chi connectivity index (χ0v) is 22.6. The molecular formula is C32H37N3O3. The first-order valence-corrected chi connectivity index (χ1v) is 13.6. The Morgan fingerprint density at radius 2 is 1.66 bits per heavy atom. The number of benzene rings is 3. The Hall–Kier alpha value is -3.93. The van der Waals surface area contributed by atoms with E-state index in [4.69, 9.17) is 9.72 Å². The summed E-state index contributed by atoms with van der Waals surface area (Å²) in [6.45, 7) is 4.83. The molecule has 0 N–H and O–H groups in total. The molecule has 1 amide bonds. The van der Waals surface area contributed by atoms with Crippen LogP contribution in [-0.2, 0) is 11.2 Å². The van der Waals surface area contributed by atoms with Crippen LogP contribution in [0.25, 0.3) is 16.6 Å². The van der Waals surface area contributed by atoms with Crippen LogP contribution in [0.1, 0.15) is 63.4 Å². The molecule has 1 unspecified atom stereocenters. The first-order valence-electron chi connectivity index (χ1n) is 13.6. The summed E-state index contributed by atoms with van der Waals surface area (Å²) in [5, 5.41) is 0.532. The molecule has 0 aliphatic carbocycles. The van der Waals surface area contributed by atoms with Crippen LogP contribution in [0.4, 0.5) is 0 Å². The van der Waals surface area contributed by atoms with E-state index >= 15 is 0 Å². The Morgan fingerprint density at radius 1 is 0.947 bits per heavy atom. The highest BCUT2D eigenvalue weighted by Gasteiger charge is 2.29. The van der Waals surface area contributed by atoms with Gasteiger partial charge in [0.2, 0.25) is 5.91 Å². The van der Waals surface area contributed by atoms with Crippen molar-refractivity contribution in [3.8, 4) is 11.4 Å². The number of fused-ring (bicyclic) bond motifs is 1. The highest BCUT2D eigenvalue weighted by molar-refractivity contribution is 5.79. The molecule has 0 aliphatic rings. The van der Waals surface area contributed by atoms with Crippen LogP contribution in [0.15, 0.2) is 83.7 Å². The fourth-order valence-corrected chi connectivity index (χ4v) is 4.99. The summed E-state index contributed by atoms with van der Waals surface area (Å²) < 4.78 is 7.29. The van der Waals surface area contributed by atoms with Gasteiger partial charge in [0.15, 0.2) is 0 Å². The lowest BCUT2D eigenvalue weighted by Crippen LogP contribution is -2.39. The Balaban J connectivity index is 1.83. The molecule has 3 aromatic carbocycles. The van der Waals surface area contributed by atoms with Crippen LogP contribution in [0.2, 0.25) is 0 Å². The van der Waals surface area contributed by atoms with Crippen molar-refractivity contribution in [3.63, 3.8) is 0 Å². The van der Waals surface area contributed by atoms with Crippen LogP contribution < -0.4 is 10.3 Å². The van der Waals surface area contributed by atoms with Crippen LogP contribution >= 0.6 is 0 Å². The Bertz CT molecular complexity index is 1410. The first kappa shape index (κ1) is 27.1. The van der Waals surface area contributed by atoms with Gasteiger partial charge in [-0.15, -0.1) is 0 Å². The van der Waals surface area contributed by atoms with Crippen molar-refractivity contribution in [1.29, 1.82) is 0 Å². The van der Waals surface area contributed by atoms with E-state index in [1.54, 1.807) is 17.7 Å². The number of ether oxygens (including phenoxy) is 1. The molecule has 4 aromatic rings. The number of nitrogens with zero attached hydrogens (tertiary/aromatic N) is 3. The number of amides is 1. The van der Waals surface area contributed by atoms with E-state index in [9.17, 15) is 9.59 Å². The molecule has 0 saturated heterocycles. The lowest BCUT2D eigenvalue weighted by molar-refractivity contribution is -0.134. The quantitative estimate of drug-likeness (QED) is 0.204. The minimum Gasteiger partial charge on any atom is -0.495 e. The summed E-state index contributed by atoms with van der Waals surface area (Å²) in [5.41, 5.74) is 2.22. The van der Waals surface area contributed by atoms with Crippen molar-refractivity contribution in [2.75, 3.05) is 13.7 Å². The molecule has 4 rings (SSSR count). The molecular weight excluding hydrogens is 474 g/mol. The molecule has 0 aliphatic heterocycles. The van der Waals surface area contributed by atoms with Gasteiger partial charge in [-0.3, -0.25) is 14.2 Å². The fraction of sp³-hybridized carbons (Fsp3) is 0.344. The van der Waals surface area contributed by atoms with Crippen LogP contribution in [0.5, 0.6) is 5.75 Å². The third-order valence-corrected chi connectivity index (χ3v) is 6.98. The van der Waals surface area contributed by atoms with E-state index in [1.807, 2.05) is 65.6 Å². The average molecular weight is 512 g/mol. The monoisotopic (exact) mass is 511 g/mol. The molecule has 1 atom stereocenters. The second-order valence-corrected chi connectivity index (χ2v) is 9.50. The number of rotatable bonds is 12. The maximum Gasteiger partial charge on any atom is 0.266 e. The molecule has 38 heavy (non-hydrogen) atoms. The van der Waals surface area contributed by atoms with Gasteiger partial charge in [-0.2, -0.15) is 0 Å². The second kappa shape index (κ2) is 13.0. The zero-order chi connectivity index (χ0) is 26.9. The van der Waals surface area contributed by atoms with Gasteiger partial charge in [0.1, 0.15) is 11.6 Å². The maximum absolute atomic E-state index is 14.0. The highest BCUT2D eigenvalue weighted by atomic mass is 16.5. The van der Waals surface area contributed by atoms with Crippen LogP contribution in [0.3, 0.4) is 0 Å². The van der Waals surface area contributed by atoms with Gasteiger partial charge < -0.3 is 9.64 Å². The topological polar surface area (TPSA) is 64.4 Å². The summed E-state index contributed by atoms with van der Waals surface area (Å²) in [6.07, 6.45) is 4.69. The zero-order valence-electron chi connectivity index (χ0n) is 22.6. The van der Waals surface area contributed by atoms with E-state index in [0.717, 1.165) is 24.8 Å². The lowest BCUT2D eigenvalue weighted by Gasteiger charge is -2.33. The molecule has 0 radical (unpaired) electrons. The highest BCUT2D eigenvalue weighted by Crippen LogP contribution is 2.30. The summed E-state index contributed by atoms with van der Waals surface area (Å²) in [4.78, 5) is 34.7. The predicted octanol–water partition coefficient (Wildman–Crippen LogP) is 6.50. The minimum absolute atomic E-state index is 0.0748. The van der Waals surface area contributed by atoms with Gasteiger partial charge in [-0.25, -0.2) is 4.98 Å². The molecule has 6 heteroatoms. The van der Waals surface area contributed by atoms with Crippen molar-refractivity contribution >= 4 is 16.8 Å². The SMILES string of the molecule is CCCCCN(C(=O)CCc1ccccc1)C(CC)c1nc2ccccc2c(=O)n1-c1ccccc1OC. The van der Waals surface area contributed by atoms with E-state index in [-0.39, 0.29) is 17.5 Å². The molecule has 198 valence electrons. The maximum atomic E-state index is 14.0. The summed E-state index contributed by atoms with van der Waals surface area (Å²) >= 11 is 0. The van der Waals surface area contributed by atoms with Gasteiger partial charge in [0, 0.05) is 13.0 Å². The van der Waals surface area contributed by atoms with E-state index in [1.165, 1.54) is 0 Å². The van der Waals surface area contributed by atoms with Crippen molar-refractivity contribution in [2.24, 2.45) is 0 Å². The number of para-hydroxylation sites is 3. The smallest absolute Gasteiger partial charge is 0.266 e. The fourth-order valence-electron chi connectivity index (χ4n) is 4.99. The van der Waals surface area contributed by atoms with Gasteiger partial charge in [-0.1, -0.05) is 81.3 Å². The number of aryl methyl sites for hydroxylation is 1. The van der Waals surface area contributed by atoms with Crippen molar-refractivity contribution in [1.82, 2.24) is 14.5 Å². The lowest BCUT2D eigenvalue weighted by atomic mass is 10.1. The minimum atomic E-state index is -0.364. The molecule has 6 nitrogen and oxygen atoms in total. The first-order chi connectivity index (χ1) is 18.6. The number of unbranched alkanes of at least 4 members (excludes halogenated alkanes) is 2. The summed E-state index contributed by atoms with van der Waals surface area (Å²) in [6, 6.07) is 24.6. The van der Waals surface area contributed by atoms with E-state index in [2.05, 4.69) is 26.0 Å². The predicted molar refractivity (Wildman–Crippen MR) is 153 cm³/mol. The third kappa shape index (κ3) is 5.96. The Morgan fingerprint density at radius 3 is 2.39 bits per heavy atom. The average Bonchev–Trinajstić information content (AvgIpc) is 2.96. The largest absolute Gasteiger partial charge is 0.495 e.